The fourth-order valence-electron chi connectivity index (χ4n) is 3.95. The van der Waals surface area contributed by atoms with Crippen molar-refractivity contribution in [1.29, 1.82) is 0 Å². The Balaban J connectivity index is 1.84. The average Bonchev–Trinajstić information content (AvgIpc) is 3.24. The second-order valence-corrected chi connectivity index (χ2v) is 8.56. The van der Waals surface area contributed by atoms with E-state index in [4.69, 9.17) is 10.5 Å². The number of pyridine rings is 1. The van der Waals surface area contributed by atoms with Gasteiger partial charge in [-0.05, 0) is 18.2 Å². The van der Waals surface area contributed by atoms with Crippen LogP contribution >= 0.6 is 0 Å². The third-order valence-electron chi connectivity index (χ3n) is 5.13. The van der Waals surface area contributed by atoms with Gasteiger partial charge in [-0.15, -0.1) is 0 Å². The zero-order valence-corrected chi connectivity index (χ0v) is 15.2. The van der Waals surface area contributed by atoms with Crippen LogP contribution in [0.5, 0.6) is 5.75 Å². The maximum Gasteiger partial charge on any atom is 0.189 e. The van der Waals surface area contributed by atoms with E-state index in [2.05, 4.69) is 15.2 Å². The molecule has 0 aliphatic carbocycles. The van der Waals surface area contributed by atoms with Gasteiger partial charge in [0.25, 0.3) is 0 Å². The van der Waals surface area contributed by atoms with Crippen molar-refractivity contribution >= 4 is 31.6 Å². The summed E-state index contributed by atoms with van der Waals surface area (Å²) in [5, 5.41) is 7.81. The molecule has 4 aromatic rings. The first-order valence-corrected chi connectivity index (χ1v) is 9.97. The number of sulfone groups is 1. The Bertz CT molecular complexity index is 1310. The smallest absolute Gasteiger partial charge is 0.189 e. The van der Waals surface area contributed by atoms with Crippen LogP contribution in [0.25, 0.3) is 21.8 Å². The van der Waals surface area contributed by atoms with Crippen molar-refractivity contribution in [3.8, 4) is 5.75 Å². The van der Waals surface area contributed by atoms with Crippen LogP contribution in [0.15, 0.2) is 53.6 Å². The van der Waals surface area contributed by atoms with Crippen LogP contribution in [-0.4, -0.2) is 30.7 Å². The van der Waals surface area contributed by atoms with Crippen LogP contribution in [0.1, 0.15) is 22.5 Å². The standard InChI is InChI=1S/C19H16N4O3S/c1-26-13-7-4-8-14-15(13)16(20)19(27(14,24)25)18-17-11(9-21-23-17)10-5-2-3-6-12(10)22-18/h2-9,16,19H,20H2,1H3,(H,21,23). The lowest BCUT2D eigenvalue weighted by Gasteiger charge is -2.16. The molecule has 1 aliphatic heterocycles. The van der Waals surface area contributed by atoms with Gasteiger partial charge < -0.3 is 10.5 Å². The predicted octanol–water partition coefficient (Wildman–Crippen LogP) is 2.65. The first-order valence-electron chi connectivity index (χ1n) is 8.42. The zero-order valence-electron chi connectivity index (χ0n) is 14.4. The average molecular weight is 380 g/mol. The number of methoxy groups -OCH3 is 1. The number of H-pyrrole nitrogens is 1. The molecule has 0 saturated heterocycles. The van der Waals surface area contributed by atoms with Gasteiger partial charge >= 0.3 is 0 Å². The lowest BCUT2D eigenvalue weighted by molar-refractivity contribution is 0.404. The molecule has 0 amide bonds. The number of fused-ring (bicyclic) bond motifs is 4. The van der Waals surface area contributed by atoms with E-state index < -0.39 is 21.1 Å². The highest BCUT2D eigenvalue weighted by Gasteiger charge is 2.47. The zero-order chi connectivity index (χ0) is 18.8. The Hall–Kier alpha value is -2.97. The summed E-state index contributed by atoms with van der Waals surface area (Å²) < 4.78 is 32.1. The molecule has 1 aliphatic rings. The normalized spacial score (nSPS) is 20.8. The number of ether oxygens (including phenoxy) is 1. The van der Waals surface area contributed by atoms with Crippen LogP contribution in [0.4, 0.5) is 0 Å². The van der Waals surface area contributed by atoms with Crippen LogP contribution in [-0.2, 0) is 9.84 Å². The third-order valence-corrected chi connectivity index (χ3v) is 7.29. The number of aromatic nitrogens is 3. The van der Waals surface area contributed by atoms with E-state index in [1.807, 2.05) is 24.3 Å². The fraction of sp³-hybridized carbons (Fsp3) is 0.158. The lowest BCUT2D eigenvalue weighted by atomic mass is 9.99. The molecule has 8 heteroatoms. The minimum atomic E-state index is -3.74. The lowest BCUT2D eigenvalue weighted by Crippen LogP contribution is -2.21. The number of nitrogens with zero attached hydrogens (tertiary/aromatic N) is 2. The van der Waals surface area contributed by atoms with Gasteiger partial charge in [-0.25, -0.2) is 13.4 Å². The quantitative estimate of drug-likeness (QED) is 0.553. The van der Waals surface area contributed by atoms with Crippen molar-refractivity contribution in [1.82, 2.24) is 15.2 Å². The fourth-order valence-corrected chi connectivity index (χ4v) is 6.01. The minimum absolute atomic E-state index is 0.193. The highest BCUT2D eigenvalue weighted by molar-refractivity contribution is 7.92. The predicted molar refractivity (Wildman–Crippen MR) is 101 cm³/mol. The van der Waals surface area contributed by atoms with Gasteiger partial charge in [-0.3, -0.25) is 5.10 Å². The van der Waals surface area contributed by atoms with Crippen LogP contribution < -0.4 is 10.5 Å². The molecule has 2 aromatic carbocycles. The molecule has 2 aromatic heterocycles. The maximum absolute atomic E-state index is 13.4. The van der Waals surface area contributed by atoms with Crippen molar-refractivity contribution < 1.29 is 13.2 Å². The number of nitrogens with two attached hydrogens (primary N) is 1. The van der Waals surface area contributed by atoms with E-state index in [1.165, 1.54) is 7.11 Å². The number of aromatic amines is 1. The summed E-state index contributed by atoms with van der Waals surface area (Å²) >= 11 is 0. The van der Waals surface area contributed by atoms with Crippen LogP contribution in [0.2, 0.25) is 0 Å². The van der Waals surface area contributed by atoms with Crippen molar-refractivity contribution in [2.75, 3.05) is 7.11 Å². The largest absolute Gasteiger partial charge is 0.496 e. The van der Waals surface area contributed by atoms with E-state index in [1.54, 1.807) is 24.4 Å². The molecule has 136 valence electrons. The first kappa shape index (κ1) is 16.2. The molecular formula is C19H16N4O3S. The first-order chi connectivity index (χ1) is 13.0. The molecule has 7 nitrogen and oxygen atoms in total. The van der Waals surface area contributed by atoms with E-state index in [9.17, 15) is 8.42 Å². The molecule has 0 fully saturated rings. The van der Waals surface area contributed by atoms with Crippen molar-refractivity contribution in [3.63, 3.8) is 0 Å². The van der Waals surface area contributed by atoms with E-state index in [0.29, 0.717) is 28.0 Å². The van der Waals surface area contributed by atoms with Gasteiger partial charge in [0.2, 0.25) is 0 Å². The molecule has 2 unspecified atom stereocenters. The molecule has 0 bridgehead atoms. The molecule has 27 heavy (non-hydrogen) atoms. The van der Waals surface area contributed by atoms with Gasteiger partial charge in [0, 0.05) is 22.5 Å². The molecule has 5 rings (SSSR count). The Labute approximate surface area is 155 Å². The van der Waals surface area contributed by atoms with E-state index in [-0.39, 0.29) is 4.90 Å². The summed E-state index contributed by atoms with van der Waals surface area (Å²) in [5.41, 5.74) is 8.51. The topological polar surface area (TPSA) is 111 Å². The summed E-state index contributed by atoms with van der Waals surface area (Å²) in [4.78, 5) is 4.85. The highest BCUT2D eigenvalue weighted by Crippen LogP contribution is 2.51. The van der Waals surface area contributed by atoms with Gasteiger partial charge in [0.05, 0.1) is 29.3 Å². The number of benzene rings is 2. The van der Waals surface area contributed by atoms with Gasteiger partial charge in [-0.1, -0.05) is 24.3 Å². The van der Waals surface area contributed by atoms with Gasteiger partial charge in [-0.2, -0.15) is 5.10 Å². The molecule has 2 atom stereocenters. The summed E-state index contributed by atoms with van der Waals surface area (Å²) in [5.74, 6) is 0.463. The highest BCUT2D eigenvalue weighted by atomic mass is 32.2. The summed E-state index contributed by atoms with van der Waals surface area (Å²) in [6.07, 6.45) is 1.75. The van der Waals surface area contributed by atoms with Crippen molar-refractivity contribution in [2.45, 2.75) is 16.2 Å². The number of para-hydroxylation sites is 1. The third kappa shape index (κ3) is 2.08. The molecule has 3 heterocycles. The van der Waals surface area contributed by atoms with Crippen LogP contribution in [0, 0.1) is 0 Å². The number of nitrogens with one attached hydrogen (secondary N) is 1. The van der Waals surface area contributed by atoms with E-state index >= 15 is 0 Å². The van der Waals surface area contributed by atoms with Crippen LogP contribution in [0.3, 0.4) is 0 Å². The second-order valence-electron chi connectivity index (χ2n) is 6.53. The number of hydrogen-bond acceptors (Lipinski definition) is 6. The summed E-state index contributed by atoms with van der Waals surface area (Å²) in [6.45, 7) is 0. The SMILES string of the molecule is COc1cccc2c1C(N)C(c1nc3ccccc3c3c[nH]nc13)S2(=O)=O. The molecule has 3 N–H and O–H groups in total. The Morgan fingerprint density at radius 3 is 2.74 bits per heavy atom. The summed E-state index contributed by atoms with van der Waals surface area (Å²) in [7, 11) is -2.24. The number of hydrogen-bond donors (Lipinski definition) is 2. The maximum atomic E-state index is 13.4. The molecule has 0 saturated carbocycles. The minimum Gasteiger partial charge on any atom is -0.496 e. The van der Waals surface area contributed by atoms with Gasteiger partial charge in [0.15, 0.2) is 9.84 Å². The van der Waals surface area contributed by atoms with E-state index in [0.717, 1.165) is 10.8 Å². The number of rotatable bonds is 2. The Morgan fingerprint density at radius 2 is 1.93 bits per heavy atom. The molecule has 0 spiro atoms. The van der Waals surface area contributed by atoms with Crippen molar-refractivity contribution in [2.24, 2.45) is 5.73 Å². The monoisotopic (exact) mass is 380 g/mol. The second kappa shape index (κ2) is 5.51. The molecular weight excluding hydrogens is 364 g/mol. The van der Waals surface area contributed by atoms with Gasteiger partial charge in [0.1, 0.15) is 16.5 Å². The Morgan fingerprint density at radius 1 is 1.11 bits per heavy atom. The summed E-state index contributed by atoms with van der Waals surface area (Å²) in [6, 6.07) is 11.7. The molecule has 0 radical (unpaired) electrons. The van der Waals surface area contributed by atoms with Crippen molar-refractivity contribution in [3.05, 3.63) is 59.9 Å². The Kier molecular flexibility index (Phi) is 3.31.